The Labute approximate surface area is 107 Å². The third kappa shape index (κ3) is 2.18. The minimum Gasteiger partial charge on any atom is -0.390 e. The summed E-state index contributed by atoms with van der Waals surface area (Å²) in [4.78, 5) is 0. The molecule has 0 radical (unpaired) electrons. The maximum absolute atomic E-state index is 9.86. The van der Waals surface area contributed by atoms with Crippen LogP contribution in [0.3, 0.4) is 0 Å². The van der Waals surface area contributed by atoms with Gasteiger partial charge in [0.2, 0.25) is 0 Å². The highest BCUT2D eigenvalue weighted by Gasteiger charge is 2.52. The van der Waals surface area contributed by atoms with Gasteiger partial charge in [-0.05, 0) is 20.3 Å². The molecule has 0 unspecified atom stereocenters. The molecule has 3 fully saturated rings. The third-order valence-electron chi connectivity index (χ3n) is 3.98. The topological polar surface area (TPSA) is 57.2 Å². The van der Waals surface area contributed by atoms with Gasteiger partial charge in [-0.3, -0.25) is 0 Å². The van der Waals surface area contributed by atoms with E-state index in [2.05, 4.69) is 0 Å². The minimum atomic E-state index is -0.553. The SMILES string of the molecule is CC[C@H]1O[C@@H]([C@@H]2C[C@H]3OC(C)(C)O[C@H]3O2)C[C@H]1O. The van der Waals surface area contributed by atoms with Crippen molar-refractivity contribution in [3.05, 3.63) is 0 Å². The van der Waals surface area contributed by atoms with Crippen molar-refractivity contribution >= 4 is 0 Å². The zero-order valence-electron chi connectivity index (χ0n) is 11.2. The van der Waals surface area contributed by atoms with E-state index in [1.807, 2.05) is 20.8 Å². The van der Waals surface area contributed by atoms with Crippen LogP contribution in [0.2, 0.25) is 0 Å². The predicted molar refractivity (Wildman–Crippen MR) is 62.9 cm³/mol. The van der Waals surface area contributed by atoms with E-state index in [1.165, 1.54) is 0 Å². The molecule has 5 heteroatoms. The molecule has 104 valence electrons. The summed E-state index contributed by atoms with van der Waals surface area (Å²) in [7, 11) is 0. The maximum Gasteiger partial charge on any atom is 0.187 e. The average molecular weight is 258 g/mol. The molecule has 18 heavy (non-hydrogen) atoms. The molecular formula is C13H22O5. The summed E-state index contributed by atoms with van der Waals surface area (Å²) in [5.74, 6) is -0.553. The van der Waals surface area contributed by atoms with E-state index in [1.54, 1.807) is 0 Å². The lowest BCUT2D eigenvalue weighted by molar-refractivity contribution is -0.215. The van der Waals surface area contributed by atoms with Crippen LogP contribution in [-0.4, -0.2) is 47.7 Å². The van der Waals surface area contributed by atoms with E-state index in [0.29, 0.717) is 6.42 Å². The van der Waals surface area contributed by atoms with Crippen LogP contribution in [0.15, 0.2) is 0 Å². The molecule has 3 aliphatic heterocycles. The highest BCUT2D eigenvalue weighted by atomic mass is 16.8. The van der Waals surface area contributed by atoms with Crippen LogP contribution >= 0.6 is 0 Å². The third-order valence-corrected chi connectivity index (χ3v) is 3.98. The molecule has 0 spiro atoms. The fourth-order valence-corrected chi connectivity index (χ4v) is 3.14. The van der Waals surface area contributed by atoms with E-state index in [9.17, 15) is 5.11 Å². The van der Waals surface area contributed by atoms with Crippen LogP contribution in [0.25, 0.3) is 0 Å². The van der Waals surface area contributed by atoms with E-state index in [4.69, 9.17) is 18.9 Å². The Balaban J connectivity index is 1.59. The van der Waals surface area contributed by atoms with Gasteiger partial charge in [-0.25, -0.2) is 0 Å². The Bertz CT molecular complexity index is 303. The van der Waals surface area contributed by atoms with Crippen molar-refractivity contribution in [3.63, 3.8) is 0 Å². The second-order valence-corrected chi connectivity index (χ2v) is 5.88. The second-order valence-electron chi connectivity index (χ2n) is 5.88. The first-order valence-corrected chi connectivity index (χ1v) is 6.83. The standard InChI is InChI=1S/C13H22O5/c1-4-8-7(14)5-9(15-8)10-6-11-12(16-10)18-13(2,3)17-11/h7-12,14H,4-6H2,1-3H3/t7-,8-,9-,10+,11-,12-/m1/s1. The number of rotatable bonds is 2. The zero-order chi connectivity index (χ0) is 12.9. The van der Waals surface area contributed by atoms with Crippen molar-refractivity contribution in [2.24, 2.45) is 0 Å². The van der Waals surface area contributed by atoms with Crippen molar-refractivity contribution in [2.75, 3.05) is 0 Å². The highest BCUT2D eigenvalue weighted by molar-refractivity contribution is 4.93. The van der Waals surface area contributed by atoms with Crippen molar-refractivity contribution in [1.82, 2.24) is 0 Å². The monoisotopic (exact) mass is 258 g/mol. The first-order valence-electron chi connectivity index (χ1n) is 6.83. The van der Waals surface area contributed by atoms with Crippen molar-refractivity contribution in [3.8, 4) is 0 Å². The largest absolute Gasteiger partial charge is 0.390 e. The number of hydrogen-bond donors (Lipinski definition) is 1. The van der Waals surface area contributed by atoms with Crippen molar-refractivity contribution < 1.29 is 24.1 Å². The predicted octanol–water partition coefficient (Wildman–Crippen LogP) is 1.18. The molecule has 0 aromatic rings. The van der Waals surface area contributed by atoms with Gasteiger partial charge in [-0.15, -0.1) is 0 Å². The summed E-state index contributed by atoms with van der Waals surface area (Å²) in [6.45, 7) is 5.81. The summed E-state index contributed by atoms with van der Waals surface area (Å²) in [6, 6.07) is 0. The lowest BCUT2D eigenvalue weighted by atomic mass is 10.0. The number of fused-ring (bicyclic) bond motifs is 1. The van der Waals surface area contributed by atoms with Crippen molar-refractivity contribution in [2.45, 2.75) is 82.6 Å². The summed E-state index contributed by atoms with van der Waals surface area (Å²) >= 11 is 0. The molecule has 3 aliphatic rings. The van der Waals surface area contributed by atoms with Gasteiger partial charge in [-0.2, -0.15) is 0 Å². The number of ether oxygens (including phenoxy) is 4. The highest BCUT2D eigenvalue weighted by Crippen LogP contribution is 2.40. The van der Waals surface area contributed by atoms with Gasteiger partial charge in [0.15, 0.2) is 12.1 Å². The molecule has 0 saturated carbocycles. The van der Waals surface area contributed by atoms with Crippen LogP contribution in [0.5, 0.6) is 0 Å². The van der Waals surface area contributed by atoms with Crippen LogP contribution < -0.4 is 0 Å². The molecule has 3 heterocycles. The first-order chi connectivity index (χ1) is 8.48. The van der Waals surface area contributed by atoms with Gasteiger partial charge >= 0.3 is 0 Å². The molecule has 0 aliphatic carbocycles. The Hall–Kier alpha value is -0.200. The maximum atomic E-state index is 9.86. The molecule has 1 N–H and O–H groups in total. The fourth-order valence-electron chi connectivity index (χ4n) is 3.14. The quantitative estimate of drug-likeness (QED) is 0.806. The molecule has 0 bridgehead atoms. The summed E-state index contributed by atoms with van der Waals surface area (Å²) < 4.78 is 23.2. The van der Waals surface area contributed by atoms with Gasteiger partial charge in [0.05, 0.1) is 24.4 Å². The fraction of sp³-hybridized carbons (Fsp3) is 1.00. The van der Waals surface area contributed by atoms with E-state index < -0.39 is 5.79 Å². The lowest BCUT2D eigenvalue weighted by Crippen LogP contribution is -2.30. The van der Waals surface area contributed by atoms with Gasteiger partial charge < -0.3 is 24.1 Å². The molecule has 0 aromatic heterocycles. The summed E-state index contributed by atoms with van der Waals surface area (Å²) in [5, 5.41) is 9.86. The molecule has 5 nitrogen and oxygen atoms in total. The Morgan fingerprint density at radius 2 is 1.78 bits per heavy atom. The minimum absolute atomic E-state index is 0.00795. The molecule has 3 rings (SSSR count). The summed E-state index contributed by atoms with van der Waals surface area (Å²) in [5.41, 5.74) is 0. The van der Waals surface area contributed by atoms with E-state index >= 15 is 0 Å². The van der Waals surface area contributed by atoms with Crippen LogP contribution in [0.1, 0.15) is 40.0 Å². The van der Waals surface area contributed by atoms with E-state index in [0.717, 1.165) is 12.8 Å². The van der Waals surface area contributed by atoms with Crippen LogP contribution in [-0.2, 0) is 18.9 Å². The molecule has 3 saturated heterocycles. The second kappa shape index (κ2) is 4.42. The van der Waals surface area contributed by atoms with Crippen LogP contribution in [0.4, 0.5) is 0 Å². The number of aliphatic hydroxyl groups is 1. The van der Waals surface area contributed by atoms with Gasteiger partial charge in [0, 0.05) is 12.8 Å². The number of hydrogen-bond acceptors (Lipinski definition) is 5. The molecule has 0 aromatic carbocycles. The summed E-state index contributed by atoms with van der Waals surface area (Å²) in [6.07, 6.45) is 1.47. The lowest BCUT2D eigenvalue weighted by Gasteiger charge is -2.23. The normalized spacial score (nSPS) is 50.7. The van der Waals surface area contributed by atoms with Crippen LogP contribution in [0, 0.1) is 0 Å². The molecule has 6 atom stereocenters. The van der Waals surface area contributed by atoms with Gasteiger partial charge in [0.1, 0.15) is 6.10 Å². The Morgan fingerprint density at radius 3 is 2.39 bits per heavy atom. The Morgan fingerprint density at radius 1 is 1.06 bits per heavy atom. The smallest absolute Gasteiger partial charge is 0.187 e. The number of aliphatic hydroxyl groups excluding tert-OH is 1. The zero-order valence-corrected chi connectivity index (χ0v) is 11.2. The van der Waals surface area contributed by atoms with Gasteiger partial charge in [0.25, 0.3) is 0 Å². The molecule has 0 amide bonds. The van der Waals surface area contributed by atoms with Gasteiger partial charge in [-0.1, -0.05) is 6.92 Å². The average Bonchev–Trinajstić information content (AvgIpc) is 2.88. The van der Waals surface area contributed by atoms with Crippen molar-refractivity contribution in [1.29, 1.82) is 0 Å². The molecular weight excluding hydrogens is 236 g/mol. The Kier molecular flexibility index (Phi) is 3.15. The van der Waals surface area contributed by atoms with E-state index in [-0.39, 0.29) is 36.8 Å². The first kappa shape index (κ1) is 12.8.